The Balaban J connectivity index is 1.56. The van der Waals surface area contributed by atoms with Crippen LogP contribution in [0.1, 0.15) is 27.2 Å². The highest BCUT2D eigenvalue weighted by molar-refractivity contribution is 6.00. The number of carbonyl (C=O) groups excluding carboxylic acids is 3. The number of piperazine rings is 1. The Kier molecular flexibility index (Phi) is 6.00. The van der Waals surface area contributed by atoms with Gasteiger partial charge in [0.1, 0.15) is 11.4 Å². The van der Waals surface area contributed by atoms with Gasteiger partial charge in [0.2, 0.25) is 11.8 Å². The molecule has 0 N–H and O–H groups in total. The molecular formula is C21H29N3O5. The number of carbonyl (C=O) groups is 3. The molecule has 0 spiro atoms. The molecule has 2 aliphatic rings. The van der Waals surface area contributed by atoms with Crippen molar-refractivity contribution >= 4 is 23.6 Å². The van der Waals surface area contributed by atoms with Crippen LogP contribution in [0.15, 0.2) is 24.3 Å². The van der Waals surface area contributed by atoms with Crippen molar-refractivity contribution in [3.63, 3.8) is 0 Å². The van der Waals surface area contributed by atoms with E-state index in [0.717, 1.165) is 5.69 Å². The molecule has 1 unspecified atom stereocenters. The van der Waals surface area contributed by atoms with E-state index in [9.17, 15) is 14.4 Å². The summed E-state index contributed by atoms with van der Waals surface area (Å²) in [4.78, 5) is 42.6. The fourth-order valence-electron chi connectivity index (χ4n) is 3.60. The SMILES string of the molecule is COc1cccc(N2CC(C(=O)N3CCN(C(=O)OC(C)(C)C)CC3)CC2=O)c1. The zero-order valence-corrected chi connectivity index (χ0v) is 17.5. The number of ether oxygens (including phenoxy) is 2. The minimum absolute atomic E-state index is 0.0346. The van der Waals surface area contributed by atoms with E-state index in [2.05, 4.69) is 0 Å². The zero-order chi connectivity index (χ0) is 21.2. The highest BCUT2D eigenvalue weighted by atomic mass is 16.6. The molecule has 3 amide bonds. The highest BCUT2D eigenvalue weighted by Gasteiger charge is 2.38. The van der Waals surface area contributed by atoms with Crippen molar-refractivity contribution in [1.29, 1.82) is 0 Å². The van der Waals surface area contributed by atoms with E-state index in [1.165, 1.54) is 0 Å². The third kappa shape index (κ3) is 4.99. The summed E-state index contributed by atoms with van der Waals surface area (Å²) < 4.78 is 10.6. The van der Waals surface area contributed by atoms with Crippen LogP contribution >= 0.6 is 0 Å². The Bertz CT molecular complexity index is 781. The molecule has 158 valence electrons. The van der Waals surface area contributed by atoms with Crippen molar-refractivity contribution in [1.82, 2.24) is 9.80 Å². The molecule has 8 nitrogen and oxygen atoms in total. The number of amides is 3. The van der Waals surface area contributed by atoms with Crippen LogP contribution in [0.4, 0.5) is 10.5 Å². The smallest absolute Gasteiger partial charge is 0.410 e. The van der Waals surface area contributed by atoms with Crippen molar-refractivity contribution < 1.29 is 23.9 Å². The molecule has 1 aromatic carbocycles. The maximum absolute atomic E-state index is 12.9. The van der Waals surface area contributed by atoms with Gasteiger partial charge in [-0.2, -0.15) is 0 Å². The predicted molar refractivity (Wildman–Crippen MR) is 108 cm³/mol. The first-order chi connectivity index (χ1) is 13.7. The summed E-state index contributed by atoms with van der Waals surface area (Å²) in [5, 5.41) is 0. The number of nitrogens with zero attached hydrogens (tertiary/aromatic N) is 3. The first-order valence-electron chi connectivity index (χ1n) is 9.89. The van der Waals surface area contributed by atoms with Crippen LogP contribution in [-0.2, 0) is 14.3 Å². The summed E-state index contributed by atoms with van der Waals surface area (Å²) in [7, 11) is 1.58. The molecule has 2 aliphatic heterocycles. The Hall–Kier alpha value is -2.77. The van der Waals surface area contributed by atoms with Gasteiger partial charge in [0, 0.05) is 50.9 Å². The second-order valence-corrected chi connectivity index (χ2v) is 8.40. The van der Waals surface area contributed by atoms with E-state index in [-0.39, 0.29) is 30.2 Å². The Morgan fingerprint density at radius 2 is 1.72 bits per heavy atom. The minimum Gasteiger partial charge on any atom is -0.497 e. The van der Waals surface area contributed by atoms with Crippen LogP contribution in [0.2, 0.25) is 0 Å². The summed E-state index contributed by atoms with van der Waals surface area (Å²) in [6, 6.07) is 7.28. The molecule has 0 saturated carbocycles. The molecule has 0 bridgehead atoms. The first-order valence-corrected chi connectivity index (χ1v) is 9.89. The number of methoxy groups -OCH3 is 1. The Morgan fingerprint density at radius 3 is 2.34 bits per heavy atom. The average Bonchev–Trinajstić information content (AvgIpc) is 3.08. The third-order valence-electron chi connectivity index (χ3n) is 5.08. The van der Waals surface area contributed by atoms with Crippen molar-refractivity contribution in [2.75, 3.05) is 44.7 Å². The highest BCUT2D eigenvalue weighted by Crippen LogP contribution is 2.29. The average molecular weight is 403 g/mol. The van der Waals surface area contributed by atoms with Gasteiger partial charge >= 0.3 is 6.09 Å². The van der Waals surface area contributed by atoms with Crippen molar-refractivity contribution in [2.24, 2.45) is 5.92 Å². The summed E-state index contributed by atoms with van der Waals surface area (Å²) in [6.07, 6.45) is -0.160. The molecular weight excluding hydrogens is 374 g/mol. The first kappa shape index (κ1) is 21.0. The standard InChI is InChI=1S/C21H29N3O5/c1-21(2,3)29-20(27)23-10-8-22(9-11-23)19(26)15-12-18(25)24(14-15)16-6-5-7-17(13-16)28-4/h5-7,13,15H,8-12,14H2,1-4H3. The van der Waals surface area contributed by atoms with E-state index in [0.29, 0.717) is 38.5 Å². The van der Waals surface area contributed by atoms with Crippen LogP contribution < -0.4 is 9.64 Å². The van der Waals surface area contributed by atoms with Crippen LogP contribution in [0.25, 0.3) is 0 Å². The van der Waals surface area contributed by atoms with Crippen molar-refractivity contribution in [3.8, 4) is 5.75 Å². The number of hydrogen-bond donors (Lipinski definition) is 0. The fraction of sp³-hybridized carbons (Fsp3) is 0.571. The van der Waals surface area contributed by atoms with Gasteiger partial charge in [-0.05, 0) is 32.9 Å². The van der Waals surface area contributed by atoms with Crippen LogP contribution in [0.5, 0.6) is 5.75 Å². The normalized spacial score (nSPS) is 20.1. The largest absolute Gasteiger partial charge is 0.497 e. The van der Waals surface area contributed by atoms with Gasteiger partial charge in [-0.3, -0.25) is 9.59 Å². The fourth-order valence-corrected chi connectivity index (χ4v) is 3.60. The zero-order valence-electron chi connectivity index (χ0n) is 17.5. The molecule has 0 aromatic heterocycles. The van der Waals surface area contributed by atoms with Gasteiger partial charge in [0.05, 0.1) is 13.0 Å². The number of rotatable bonds is 3. The molecule has 1 aromatic rings. The van der Waals surface area contributed by atoms with Crippen molar-refractivity contribution in [2.45, 2.75) is 32.8 Å². The molecule has 0 aliphatic carbocycles. The van der Waals surface area contributed by atoms with Crippen LogP contribution in [0, 0.1) is 5.92 Å². The van der Waals surface area contributed by atoms with E-state index in [4.69, 9.17) is 9.47 Å². The maximum atomic E-state index is 12.9. The molecule has 1 atom stereocenters. The molecule has 2 fully saturated rings. The van der Waals surface area contributed by atoms with Gasteiger partial charge in [-0.25, -0.2) is 4.79 Å². The molecule has 29 heavy (non-hydrogen) atoms. The van der Waals surface area contributed by atoms with Crippen LogP contribution in [-0.4, -0.2) is 73.1 Å². The third-order valence-corrected chi connectivity index (χ3v) is 5.08. The molecule has 2 saturated heterocycles. The summed E-state index contributed by atoms with van der Waals surface area (Å²) in [5.74, 6) is 0.196. The number of hydrogen-bond acceptors (Lipinski definition) is 5. The van der Waals surface area contributed by atoms with E-state index >= 15 is 0 Å². The van der Waals surface area contributed by atoms with Crippen LogP contribution in [0.3, 0.4) is 0 Å². The maximum Gasteiger partial charge on any atom is 0.410 e. The van der Waals surface area contributed by atoms with Gasteiger partial charge in [-0.1, -0.05) is 6.07 Å². The monoisotopic (exact) mass is 403 g/mol. The minimum atomic E-state index is -0.544. The lowest BCUT2D eigenvalue weighted by molar-refractivity contribution is -0.137. The van der Waals surface area contributed by atoms with Crippen molar-refractivity contribution in [3.05, 3.63) is 24.3 Å². The topological polar surface area (TPSA) is 79.4 Å². The molecule has 3 rings (SSSR count). The number of anilines is 1. The van der Waals surface area contributed by atoms with Gasteiger partial charge in [0.15, 0.2) is 0 Å². The predicted octanol–water partition coefficient (Wildman–Crippen LogP) is 2.13. The molecule has 8 heteroatoms. The lowest BCUT2D eigenvalue weighted by Gasteiger charge is -2.36. The second kappa shape index (κ2) is 8.31. The van der Waals surface area contributed by atoms with E-state index in [1.54, 1.807) is 27.9 Å². The number of benzene rings is 1. The quantitative estimate of drug-likeness (QED) is 0.773. The molecule has 0 radical (unpaired) electrons. The Morgan fingerprint density at radius 1 is 1.07 bits per heavy atom. The van der Waals surface area contributed by atoms with Gasteiger partial charge < -0.3 is 24.2 Å². The lowest BCUT2D eigenvalue weighted by atomic mass is 10.1. The summed E-state index contributed by atoms with van der Waals surface area (Å²) >= 11 is 0. The van der Waals surface area contributed by atoms with Gasteiger partial charge in [-0.15, -0.1) is 0 Å². The second-order valence-electron chi connectivity index (χ2n) is 8.40. The lowest BCUT2D eigenvalue weighted by Crippen LogP contribution is -2.53. The molecule has 2 heterocycles. The summed E-state index contributed by atoms with van der Waals surface area (Å²) in [5.41, 5.74) is 0.192. The van der Waals surface area contributed by atoms with E-state index < -0.39 is 5.60 Å². The van der Waals surface area contributed by atoms with E-state index in [1.807, 2.05) is 39.0 Å². The summed E-state index contributed by atoms with van der Waals surface area (Å²) in [6.45, 7) is 7.60. The Labute approximate surface area is 171 Å². The van der Waals surface area contributed by atoms with Gasteiger partial charge in [0.25, 0.3) is 0 Å².